The second-order valence-electron chi connectivity index (χ2n) is 6.13. The van der Waals surface area contributed by atoms with Crippen molar-refractivity contribution in [1.82, 2.24) is 20.2 Å². The average molecular weight is 348 g/mol. The molecule has 1 fully saturated rings. The van der Waals surface area contributed by atoms with Crippen LogP contribution in [0.2, 0.25) is 0 Å². The Morgan fingerprint density at radius 3 is 3.21 bits per heavy atom. The predicted octanol–water partition coefficient (Wildman–Crippen LogP) is 2.42. The molecule has 3 heterocycles. The molecule has 0 spiro atoms. The van der Waals surface area contributed by atoms with Crippen LogP contribution in [0.25, 0.3) is 0 Å². The van der Waals surface area contributed by atoms with Crippen LogP contribution >= 0.6 is 11.8 Å². The van der Waals surface area contributed by atoms with Gasteiger partial charge in [-0.2, -0.15) is 0 Å². The molecule has 1 aliphatic heterocycles. The van der Waals surface area contributed by atoms with Crippen molar-refractivity contribution in [1.29, 1.82) is 0 Å². The summed E-state index contributed by atoms with van der Waals surface area (Å²) in [5.74, 6) is 2.36. The van der Waals surface area contributed by atoms with E-state index in [1.165, 1.54) is 12.8 Å². The molecular weight excluding hydrogens is 324 g/mol. The highest BCUT2D eigenvalue weighted by atomic mass is 32.2. The predicted molar refractivity (Wildman–Crippen MR) is 94.0 cm³/mol. The number of hydrogen-bond acceptors (Lipinski definition) is 5. The molecule has 1 aliphatic rings. The monoisotopic (exact) mass is 348 g/mol. The third-order valence-electron chi connectivity index (χ3n) is 4.24. The third-order valence-corrected chi connectivity index (χ3v) is 5.32. The summed E-state index contributed by atoms with van der Waals surface area (Å²) in [6, 6.07) is 3.60. The Hall–Kier alpha value is -1.73. The number of hydrogen-bond donors (Lipinski definition) is 2. The van der Waals surface area contributed by atoms with E-state index in [2.05, 4.69) is 15.6 Å². The molecule has 2 N–H and O–H groups in total. The first kappa shape index (κ1) is 17.1. The van der Waals surface area contributed by atoms with Gasteiger partial charge in [0.05, 0.1) is 5.75 Å². The lowest BCUT2D eigenvalue weighted by Crippen LogP contribution is -2.33. The quantitative estimate of drug-likeness (QED) is 0.752. The first-order chi connectivity index (χ1) is 11.7. The topological polar surface area (TPSA) is 72.1 Å². The van der Waals surface area contributed by atoms with Crippen LogP contribution in [0.5, 0.6) is 0 Å². The van der Waals surface area contributed by atoms with Crippen LogP contribution in [0.15, 0.2) is 34.1 Å². The number of furan rings is 1. The molecular formula is C17H24N4O2S. The Morgan fingerprint density at radius 2 is 2.46 bits per heavy atom. The van der Waals surface area contributed by atoms with Gasteiger partial charge < -0.3 is 19.6 Å². The lowest BCUT2D eigenvalue weighted by molar-refractivity contribution is 0.0921. The van der Waals surface area contributed by atoms with Gasteiger partial charge in [0.25, 0.3) is 5.91 Å². The van der Waals surface area contributed by atoms with E-state index in [4.69, 9.17) is 4.42 Å². The maximum absolute atomic E-state index is 12.1. The van der Waals surface area contributed by atoms with Crippen LogP contribution < -0.4 is 10.6 Å². The number of thioether (sulfide) groups is 1. The molecule has 2 aromatic heterocycles. The van der Waals surface area contributed by atoms with Gasteiger partial charge in [-0.05, 0) is 50.4 Å². The molecule has 6 nitrogen and oxygen atoms in total. The fourth-order valence-corrected chi connectivity index (χ4v) is 3.68. The van der Waals surface area contributed by atoms with Crippen molar-refractivity contribution in [2.45, 2.75) is 30.2 Å². The minimum atomic E-state index is -0.132. The molecule has 2 aromatic rings. The Kier molecular flexibility index (Phi) is 5.98. The summed E-state index contributed by atoms with van der Waals surface area (Å²) in [4.78, 5) is 16.4. The van der Waals surface area contributed by atoms with Crippen molar-refractivity contribution in [2.75, 3.05) is 19.6 Å². The number of nitrogens with zero attached hydrogens (tertiary/aromatic N) is 2. The van der Waals surface area contributed by atoms with Gasteiger partial charge in [0.1, 0.15) is 5.76 Å². The summed E-state index contributed by atoms with van der Waals surface area (Å²) in [5.41, 5.74) is 0. The van der Waals surface area contributed by atoms with Crippen LogP contribution in [0.4, 0.5) is 0 Å². The van der Waals surface area contributed by atoms with Crippen molar-refractivity contribution >= 4 is 17.7 Å². The van der Waals surface area contributed by atoms with Crippen molar-refractivity contribution in [3.05, 3.63) is 36.0 Å². The lowest BCUT2D eigenvalue weighted by atomic mass is 9.96. The second kappa shape index (κ2) is 8.39. The van der Waals surface area contributed by atoms with Gasteiger partial charge in [0.2, 0.25) is 0 Å². The van der Waals surface area contributed by atoms with Crippen molar-refractivity contribution in [2.24, 2.45) is 13.0 Å². The number of rotatable bonds is 7. The normalized spacial score (nSPS) is 17.8. The molecule has 1 saturated heterocycles. The van der Waals surface area contributed by atoms with Crippen LogP contribution in [-0.2, 0) is 12.8 Å². The first-order valence-electron chi connectivity index (χ1n) is 8.40. The highest BCUT2D eigenvalue weighted by Gasteiger charge is 2.15. The minimum Gasteiger partial charge on any atom is -0.455 e. The Balaban J connectivity index is 1.42. The highest BCUT2D eigenvalue weighted by Crippen LogP contribution is 2.22. The molecule has 1 unspecified atom stereocenters. The fourth-order valence-electron chi connectivity index (χ4n) is 2.85. The zero-order valence-electron chi connectivity index (χ0n) is 14.0. The largest absolute Gasteiger partial charge is 0.455 e. The van der Waals surface area contributed by atoms with Crippen LogP contribution in [-0.4, -0.2) is 35.1 Å². The van der Waals surface area contributed by atoms with Crippen molar-refractivity contribution < 1.29 is 9.21 Å². The zero-order chi connectivity index (χ0) is 16.8. The molecule has 0 aromatic carbocycles. The van der Waals surface area contributed by atoms with Crippen molar-refractivity contribution in [3.63, 3.8) is 0 Å². The minimum absolute atomic E-state index is 0.132. The van der Waals surface area contributed by atoms with Gasteiger partial charge in [-0.15, -0.1) is 0 Å². The first-order valence-corrected chi connectivity index (χ1v) is 9.38. The van der Waals surface area contributed by atoms with E-state index in [0.29, 0.717) is 24.0 Å². The standard InChI is InChI=1S/C17H24N4O2S/c1-21-10-9-20-17(21)24-12-14-4-5-15(23-14)16(22)19-8-6-13-3-2-7-18-11-13/h4-5,9-10,13,18H,2-3,6-8,11-12H2,1H3,(H,19,22). The summed E-state index contributed by atoms with van der Waals surface area (Å²) in [5, 5.41) is 7.28. The van der Waals surface area contributed by atoms with Crippen LogP contribution in [0.1, 0.15) is 35.6 Å². The SMILES string of the molecule is Cn1ccnc1SCc1ccc(C(=O)NCCC2CCCNC2)o1. The van der Waals surface area contributed by atoms with Crippen molar-refractivity contribution in [3.8, 4) is 0 Å². The second-order valence-corrected chi connectivity index (χ2v) is 7.07. The summed E-state index contributed by atoms with van der Waals surface area (Å²) < 4.78 is 7.60. The Labute approximate surface area is 146 Å². The molecule has 3 rings (SSSR count). The van der Waals surface area contributed by atoms with E-state index in [9.17, 15) is 4.79 Å². The summed E-state index contributed by atoms with van der Waals surface area (Å²) in [6.07, 6.45) is 7.17. The van der Waals surface area contributed by atoms with E-state index < -0.39 is 0 Å². The molecule has 130 valence electrons. The zero-order valence-corrected chi connectivity index (χ0v) is 14.8. The molecule has 0 aliphatic carbocycles. The average Bonchev–Trinajstić information content (AvgIpc) is 3.23. The summed E-state index contributed by atoms with van der Waals surface area (Å²) >= 11 is 1.59. The molecule has 0 bridgehead atoms. The molecule has 24 heavy (non-hydrogen) atoms. The molecule has 7 heteroatoms. The van der Waals surface area contributed by atoms with Gasteiger partial charge >= 0.3 is 0 Å². The Bertz CT molecular complexity index is 661. The smallest absolute Gasteiger partial charge is 0.286 e. The number of aryl methyl sites for hydroxylation is 1. The maximum Gasteiger partial charge on any atom is 0.286 e. The van der Waals surface area contributed by atoms with Gasteiger partial charge in [-0.3, -0.25) is 4.79 Å². The fraction of sp³-hybridized carbons (Fsp3) is 0.529. The maximum atomic E-state index is 12.1. The number of aromatic nitrogens is 2. The van der Waals surface area contributed by atoms with Gasteiger partial charge in [0.15, 0.2) is 10.9 Å². The number of carbonyl (C=O) groups excluding carboxylic acids is 1. The van der Waals surface area contributed by atoms with E-state index >= 15 is 0 Å². The van der Waals surface area contributed by atoms with Crippen LogP contribution in [0.3, 0.4) is 0 Å². The van der Waals surface area contributed by atoms with Gasteiger partial charge in [-0.1, -0.05) is 11.8 Å². The highest BCUT2D eigenvalue weighted by molar-refractivity contribution is 7.98. The number of amides is 1. The van der Waals surface area contributed by atoms with E-state index in [0.717, 1.165) is 30.4 Å². The number of piperidine rings is 1. The summed E-state index contributed by atoms with van der Waals surface area (Å²) in [7, 11) is 1.96. The third kappa shape index (κ3) is 4.64. The lowest BCUT2D eigenvalue weighted by Gasteiger charge is -2.22. The van der Waals surface area contributed by atoms with Gasteiger partial charge in [-0.25, -0.2) is 4.98 Å². The number of carbonyl (C=O) groups is 1. The number of imidazole rings is 1. The Morgan fingerprint density at radius 1 is 1.54 bits per heavy atom. The molecule has 1 atom stereocenters. The number of nitrogens with one attached hydrogen (secondary N) is 2. The van der Waals surface area contributed by atoms with E-state index in [-0.39, 0.29) is 5.91 Å². The molecule has 0 saturated carbocycles. The molecule has 1 amide bonds. The van der Waals surface area contributed by atoms with Gasteiger partial charge in [0, 0.05) is 26.0 Å². The van der Waals surface area contributed by atoms with Crippen LogP contribution in [0, 0.1) is 5.92 Å². The van der Waals surface area contributed by atoms with E-state index in [1.807, 2.05) is 23.9 Å². The molecule has 0 radical (unpaired) electrons. The summed E-state index contributed by atoms with van der Waals surface area (Å²) in [6.45, 7) is 2.88. The van der Waals surface area contributed by atoms with E-state index in [1.54, 1.807) is 24.0 Å².